The predicted octanol–water partition coefficient (Wildman–Crippen LogP) is 4.82. The molecule has 2 aromatic carbocycles. The molecule has 0 saturated heterocycles. The summed E-state index contributed by atoms with van der Waals surface area (Å²) in [5, 5.41) is 0. The maximum Gasteiger partial charge on any atom is 0.416 e. The molecular formula is C20H19BF3NO. The standard InChI is InChI=1S/C20H19BF3NO/c1-14-12-25(18-8-10-19(26-3)11-9-18)13-15(2)21(14)17-6-4-16(5-7-17)20(22,23)24/h4-13H,1-3H3. The van der Waals surface area contributed by atoms with E-state index in [1.807, 2.05) is 55.4 Å². The van der Waals surface area contributed by atoms with E-state index in [0.717, 1.165) is 40.0 Å². The topological polar surface area (TPSA) is 12.5 Å². The SMILES string of the molecule is COc1ccc(N2C=C(C)B(c3ccc(C(F)(F)F)cc3)C(C)=C2)cc1. The van der Waals surface area contributed by atoms with Crippen LogP contribution in [0.15, 0.2) is 71.9 Å². The summed E-state index contributed by atoms with van der Waals surface area (Å²) in [7, 11) is 1.62. The lowest BCUT2D eigenvalue weighted by Crippen LogP contribution is -2.37. The molecule has 6 heteroatoms. The van der Waals surface area contributed by atoms with Crippen LogP contribution in [0.5, 0.6) is 5.75 Å². The molecule has 0 saturated carbocycles. The van der Waals surface area contributed by atoms with Crippen molar-refractivity contribution in [2.24, 2.45) is 0 Å². The van der Waals surface area contributed by atoms with Crippen LogP contribution in [0.1, 0.15) is 19.4 Å². The van der Waals surface area contributed by atoms with Crippen LogP contribution in [0.4, 0.5) is 18.9 Å². The number of alkyl halides is 3. The average Bonchev–Trinajstić information content (AvgIpc) is 2.61. The molecule has 0 unspecified atom stereocenters. The molecule has 0 amide bonds. The molecular weight excluding hydrogens is 338 g/mol. The molecule has 1 heterocycles. The Morgan fingerprint density at radius 2 is 1.38 bits per heavy atom. The van der Waals surface area contributed by atoms with Crippen LogP contribution in [-0.2, 0) is 6.18 Å². The summed E-state index contributed by atoms with van der Waals surface area (Å²) in [5.41, 5.74) is 3.37. The normalized spacial score (nSPS) is 14.8. The molecule has 0 aliphatic carbocycles. The van der Waals surface area contributed by atoms with Gasteiger partial charge in [-0.25, -0.2) is 0 Å². The van der Waals surface area contributed by atoms with Gasteiger partial charge in [0.05, 0.1) is 12.7 Å². The Morgan fingerprint density at radius 3 is 1.85 bits per heavy atom. The third kappa shape index (κ3) is 3.64. The van der Waals surface area contributed by atoms with E-state index in [1.54, 1.807) is 19.2 Å². The summed E-state index contributed by atoms with van der Waals surface area (Å²) in [5.74, 6) is 0.787. The van der Waals surface area contributed by atoms with Crippen molar-refractivity contribution < 1.29 is 17.9 Å². The van der Waals surface area contributed by atoms with Gasteiger partial charge < -0.3 is 9.64 Å². The molecule has 134 valence electrons. The zero-order valence-electron chi connectivity index (χ0n) is 14.8. The molecule has 1 aliphatic rings. The van der Waals surface area contributed by atoms with Gasteiger partial charge in [-0.1, -0.05) is 40.7 Å². The second kappa shape index (κ2) is 6.94. The largest absolute Gasteiger partial charge is 0.497 e. The number of ether oxygens (including phenoxy) is 1. The van der Waals surface area contributed by atoms with Crippen molar-refractivity contribution in [2.75, 3.05) is 12.0 Å². The highest BCUT2D eigenvalue weighted by Gasteiger charge is 2.31. The minimum absolute atomic E-state index is 0.0215. The highest BCUT2D eigenvalue weighted by molar-refractivity contribution is 6.85. The van der Waals surface area contributed by atoms with E-state index in [1.165, 1.54) is 0 Å². The molecule has 0 radical (unpaired) electrons. The van der Waals surface area contributed by atoms with Crippen molar-refractivity contribution in [2.45, 2.75) is 20.0 Å². The number of nitrogens with zero attached hydrogens (tertiary/aromatic N) is 1. The highest BCUT2D eigenvalue weighted by Crippen LogP contribution is 2.29. The monoisotopic (exact) mass is 357 g/mol. The van der Waals surface area contributed by atoms with E-state index in [2.05, 4.69) is 0 Å². The number of allylic oxidation sites excluding steroid dienone is 2. The first-order valence-electron chi connectivity index (χ1n) is 8.26. The molecule has 2 nitrogen and oxygen atoms in total. The van der Waals surface area contributed by atoms with Crippen LogP contribution in [0.25, 0.3) is 0 Å². The third-order valence-corrected chi connectivity index (χ3v) is 4.54. The van der Waals surface area contributed by atoms with Gasteiger partial charge in [0, 0.05) is 5.69 Å². The Hall–Kier alpha value is -2.63. The van der Waals surface area contributed by atoms with Crippen LogP contribution < -0.4 is 15.1 Å². The maximum atomic E-state index is 12.8. The zero-order chi connectivity index (χ0) is 18.9. The first kappa shape index (κ1) is 18.2. The summed E-state index contributed by atoms with van der Waals surface area (Å²) in [4.78, 5) is 2.02. The lowest BCUT2D eigenvalue weighted by atomic mass is 9.36. The van der Waals surface area contributed by atoms with Crippen LogP contribution in [0, 0.1) is 0 Å². The van der Waals surface area contributed by atoms with Gasteiger partial charge in [-0.15, -0.1) is 0 Å². The minimum atomic E-state index is -4.31. The molecule has 0 aromatic heterocycles. The lowest BCUT2D eigenvalue weighted by molar-refractivity contribution is -0.137. The van der Waals surface area contributed by atoms with Crippen molar-refractivity contribution in [1.82, 2.24) is 0 Å². The van der Waals surface area contributed by atoms with Gasteiger partial charge in [0.2, 0.25) is 6.71 Å². The lowest BCUT2D eigenvalue weighted by Gasteiger charge is -2.28. The molecule has 0 N–H and O–H groups in total. The number of hydrogen-bond acceptors (Lipinski definition) is 2. The summed E-state index contributed by atoms with van der Waals surface area (Å²) >= 11 is 0. The van der Waals surface area contributed by atoms with Crippen LogP contribution in [0.2, 0.25) is 0 Å². The van der Waals surface area contributed by atoms with Gasteiger partial charge in [-0.05, 0) is 50.5 Å². The molecule has 2 aromatic rings. The van der Waals surface area contributed by atoms with Crippen molar-refractivity contribution >= 4 is 17.9 Å². The maximum absolute atomic E-state index is 12.8. The Kier molecular flexibility index (Phi) is 4.85. The summed E-state index contributed by atoms with van der Waals surface area (Å²) in [6.07, 6.45) is -0.291. The first-order valence-corrected chi connectivity index (χ1v) is 8.26. The average molecular weight is 357 g/mol. The molecule has 0 atom stereocenters. The molecule has 0 fully saturated rings. The molecule has 0 bridgehead atoms. The number of halogens is 3. The van der Waals surface area contributed by atoms with E-state index >= 15 is 0 Å². The summed E-state index contributed by atoms with van der Waals surface area (Å²) in [6.45, 7) is 3.97. The second-order valence-electron chi connectivity index (χ2n) is 6.40. The van der Waals surface area contributed by atoms with Crippen molar-refractivity contribution in [3.8, 4) is 5.75 Å². The second-order valence-corrected chi connectivity index (χ2v) is 6.40. The fraction of sp³-hybridized carbons (Fsp3) is 0.200. The van der Waals surface area contributed by atoms with E-state index in [4.69, 9.17) is 4.74 Å². The smallest absolute Gasteiger partial charge is 0.416 e. The van der Waals surface area contributed by atoms with Crippen molar-refractivity contribution in [3.63, 3.8) is 0 Å². The van der Waals surface area contributed by atoms with Gasteiger partial charge in [0.15, 0.2) is 0 Å². The highest BCUT2D eigenvalue weighted by atomic mass is 19.4. The first-order chi connectivity index (χ1) is 12.3. The van der Waals surface area contributed by atoms with Gasteiger partial charge in [0.1, 0.15) is 5.75 Å². The summed E-state index contributed by atoms with van der Waals surface area (Å²) < 4.78 is 43.5. The van der Waals surface area contributed by atoms with Gasteiger partial charge >= 0.3 is 6.18 Å². The van der Waals surface area contributed by atoms with Gasteiger partial charge in [-0.2, -0.15) is 13.2 Å². The minimum Gasteiger partial charge on any atom is -0.497 e. The number of rotatable bonds is 3. The van der Waals surface area contributed by atoms with Crippen LogP contribution >= 0.6 is 0 Å². The molecule has 1 aliphatic heterocycles. The van der Waals surface area contributed by atoms with Crippen LogP contribution in [0.3, 0.4) is 0 Å². The number of benzene rings is 2. The summed E-state index contributed by atoms with van der Waals surface area (Å²) in [6, 6.07) is 13.1. The van der Waals surface area contributed by atoms with E-state index in [-0.39, 0.29) is 6.71 Å². The Labute approximate surface area is 151 Å². The number of methoxy groups -OCH3 is 1. The predicted molar refractivity (Wildman–Crippen MR) is 99.8 cm³/mol. The van der Waals surface area contributed by atoms with E-state index in [9.17, 15) is 13.2 Å². The quantitative estimate of drug-likeness (QED) is 0.731. The van der Waals surface area contributed by atoms with Crippen LogP contribution in [-0.4, -0.2) is 13.8 Å². The van der Waals surface area contributed by atoms with Gasteiger partial charge in [-0.3, -0.25) is 0 Å². The van der Waals surface area contributed by atoms with Crippen molar-refractivity contribution in [1.29, 1.82) is 0 Å². The van der Waals surface area contributed by atoms with Crippen molar-refractivity contribution in [3.05, 3.63) is 77.4 Å². The Morgan fingerprint density at radius 1 is 0.846 bits per heavy atom. The zero-order valence-corrected chi connectivity index (χ0v) is 14.8. The number of hydrogen-bond donors (Lipinski definition) is 0. The third-order valence-electron chi connectivity index (χ3n) is 4.54. The Bertz CT molecular complexity index is 819. The fourth-order valence-corrected chi connectivity index (χ4v) is 3.28. The fourth-order valence-electron chi connectivity index (χ4n) is 3.28. The molecule has 0 spiro atoms. The van der Waals surface area contributed by atoms with Gasteiger partial charge in [0.25, 0.3) is 0 Å². The molecule has 26 heavy (non-hydrogen) atoms. The van der Waals surface area contributed by atoms with E-state index < -0.39 is 11.7 Å². The molecule has 3 rings (SSSR count). The number of anilines is 1. The Balaban J connectivity index is 1.86. The van der Waals surface area contributed by atoms with E-state index in [0.29, 0.717) is 0 Å².